The van der Waals surface area contributed by atoms with Crippen LogP contribution in [-0.4, -0.2) is 57.4 Å². The molecule has 1 saturated carbocycles. The molecule has 2 bridgehead atoms. The normalized spacial score (nSPS) is 42.4. The van der Waals surface area contributed by atoms with Gasteiger partial charge < -0.3 is 25.1 Å². The predicted molar refractivity (Wildman–Crippen MR) is 82.3 cm³/mol. The zero-order valence-corrected chi connectivity index (χ0v) is 13.0. The van der Waals surface area contributed by atoms with Crippen LogP contribution in [0.5, 0.6) is 11.5 Å². The Hall–Kier alpha value is -1.79. The maximum absolute atomic E-state index is 11.7. The summed E-state index contributed by atoms with van der Waals surface area (Å²) in [6, 6.07) is 3.63. The number of phenolic OH excluding ortho intramolecular Hbond substituents is 1. The maximum atomic E-state index is 11.7. The Morgan fingerprint density at radius 3 is 2.96 bits per heavy atom. The third-order valence-corrected chi connectivity index (χ3v) is 6.67. The Balaban J connectivity index is 1.86. The molecular formula is C17H20N2O4. The summed E-state index contributed by atoms with van der Waals surface area (Å²) in [6.07, 6.45) is 2.04. The molecule has 0 aromatic heterocycles. The first-order chi connectivity index (χ1) is 11.0. The van der Waals surface area contributed by atoms with Gasteiger partial charge in [0, 0.05) is 11.6 Å². The number of hydrogen-bond acceptors (Lipinski definition) is 6. The lowest BCUT2D eigenvalue weighted by atomic mass is 9.49. The van der Waals surface area contributed by atoms with E-state index in [-0.39, 0.29) is 11.8 Å². The molecule has 0 unspecified atom stereocenters. The molecule has 4 atom stereocenters. The average Bonchev–Trinajstić information content (AvgIpc) is 2.89. The van der Waals surface area contributed by atoms with Crippen LogP contribution in [0.3, 0.4) is 0 Å². The molecule has 5 rings (SSSR count). The van der Waals surface area contributed by atoms with E-state index in [0.717, 1.165) is 30.5 Å². The Kier molecular flexibility index (Phi) is 2.37. The van der Waals surface area contributed by atoms with Gasteiger partial charge in [0.05, 0.1) is 16.7 Å². The minimum absolute atomic E-state index is 0.0191. The first-order valence-corrected chi connectivity index (χ1v) is 8.18. The SMILES string of the molecule is CN1CC[C@]23c4c5ccc(O)c4O[C@H]2/C(=N/O)CC[C@@]3(O)[C@H]1C5. The van der Waals surface area contributed by atoms with Gasteiger partial charge in [0.15, 0.2) is 17.6 Å². The Morgan fingerprint density at radius 1 is 1.35 bits per heavy atom. The van der Waals surface area contributed by atoms with Gasteiger partial charge in [0.1, 0.15) is 0 Å². The van der Waals surface area contributed by atoms with Crippen molar-refractivity contribution in [1.82, 2.24) is 4.90 Å². The lowest BCUT2D eigenvalue weighted by Gasteiger charge is -2.62. The summed E-state index contributed by atoms with van der Waals surface area (Å²) < 4.78 is 6.09. The van der Waals surface area contributed by atoms with E-state index < -0.39 is 17.1 Å². The summed E-state index contributed by atoms with van der Waals surface area (Å²) in [7, 11) is 2.06. The second-order valence-electron chi connectivity index (χ2n) is 7.38. The number of aromatic hydroxyl groups is 1. The van der Waals surface area contributed by atoms with E-state index in [9.17, 15) is 15.4 Å². The van der Waals surface area contributed by atoms with E-state index in [1.165, 1.54) is 0 Å². The highest BCUT2D eigenvalue weighted by Gasteiger charge is 2.72. The van der Waals surface area contributed by atoms with Crippen LogP contribution in [0, 0.1) is 0 Å². The van der Waals surface area contributed by atoms with Gasteiger partial charge in [0.2, 0.25) is 0 Å². The molecule has 1 aromatic rings. The maximum Gasteiger partial charge on any atom is 0.166 e. The van der Waals surface area contributed by atoms with Crippen LogP contribution in [0.1, 0.15) is 30.4 Å². The topological polar surface area (TPSA) is 85.5 Å². The summed E-state index contributed by atoms with van der Waals surface area (Å²) in [6.45, 7) is 0.847. The number of phenols is 1. The Labute approximate surface area is 134 Å². The van der Waals surface area contributed by atoms with Gasteiger partial charge in [-0.05, 0) is 50.9 Å². The first-order valence-electron chi connectivity index (χ1n) is 8.18. The lowest BCUT2D eigenvalue weighted by molar-refractivity contribution is -0.161. The molecule has 6 nitrogen and oxygen atoms in total. The fourth-order valence-electron chi connectivity index (χ4n) is 5.65. The highest BCUT2D eigenvalue weighted by Crippen LogP contribution is 2.64. The van der Waals surface area contributed by atoms with Crippen molar-refractivity contribution in [3.05, 3.63) is 23.3 Å². The van der Waals surface area contributed by atoms with Gasteiger partial charge in [-0.2, -0.15) is 0 Å². The van der Waals surface area contributed by atoms with Crippen LogP contribution >= 0.6 is 0 Å². The molecule has 6 heteroatoms. The summed E-state index contributed by atoms with van der Waals surface area (Å²) in [5.74, 6) is 0.571. The molecule has 0 radical (unpaired) electrons. The van der Waals surface area contributed by atoms with E-state index >= 15 is 0 Å². The molecule has 122 valence electrons. The fraction of sp³-hybridized carbons (Fsp3) is 0.588. The quantitative estimate of drug-likeness (QED) is 0.491. The highest BCUT2D eigenvalue weighted by molar-refractivity contribution is 5.94. The van der Waals surface area contributed by atoms with Crippen molar-refractivity contribution < 1.29 is 20.2 Å². The number of benzene rings is 1. The van der Waals surface area contributed by atoms with Crippen LogP contribution in [0.25, 0.3) is 0 Å². The molecule has 3 N–H and O–H groups in total. The molecule has 1 spiro atoms. The van der Waals surface area contributed by atoms with Crippen molar-refractivity contribution in [3.8, 4) is 11.5 Å². The molecular weight excluding hydrogens is 296 g/mol. The van der Waals surface area contributed by atoms with Crippen molar-refractivity contribution in [2.75, 3.05) is 13.6 Å². The van der Waals surface area contributed by atoms with Gasteiger partial charge >= 0.3 is 0 Å². The number of rotatable bonds is 0. The molecule has 1 saturated heterocycles. The van der Waals surface area contributed by atoms with Crippen molar-refractivity contribution in [2.24, 2.45) is 5.16 Å². The molecule has 23 heavy (non-hydrogen) atoms. The minimum Gasteiger partial charge on any atom is -0.504 e. The molecule has 0 amide bonds. The Bertz CT molecular complexity index is 748. The van der Waals surface area contributed by atoms with Crippen LogP contribution in [0.15, 0.2) is 17.3 Å². The standard InChI is InChI=1S/C17H20N2O4/c1-19-7-6-16-13-9-2-3-11(20)14(13)23-15(16)10(18-22)4-5-17(16,21)12(19)8-9/h2-3,12,15,20-22H,4-8H2,1H3/b18-10+/t12-,15+,16+,17-/m1/s1. The van der Waals surface area contributed by atoms with E-state index in [2.05, 4.69) is 17.1 Å². The van der Waals surface area contributed by atoms with Gasteiger partial charge in [-0.3, -0.25) is 0 Å². The summed E-state index contributed by atoms with van der Waals surface area (Å²) in [5, 5.41) is 34.9. The number of nitrogens with zero attached hydrogens (tertiary/aromatic N) is 2. The number of likely N-dealkylation sites (N-methyl/N-ethyl adjacent to an activating group) is 1. The third kappa shape index (κ3) is 1.29. The number of likely N-dealkylation sites (tertiary alicyclic amines) is 1. The van der Waals surface area contributed by atoms with Crippen molar-refractivity contribution in [1.29, 1.82) is 0 Å². The van der Waals surface area contributed by atoms with E-state index in [1.54, 1.807) is 6.07 Å². The second-order valence-corrected chi connectivity index (χ2v) is 7.38. The predicted octanol–water partition coefficient (Wildman–Crippen LogP) is 1.01. The summed E-state index contributed by atoms with van der Waals surface area (Å²) in [5.41, 5.74) is 1.09. The van der Waals surface area contributed by atoms with Crippen LogP contribution in [0.4, 0.5) is 0 Å². The van der Waals surface area contributed by atoms with Gasteiger partial charge in [-0.15, -0.1) is 0 Å². The lowest BCUT2D eigenvalue weighted by Crippen LogP contribution is -2.76. The zero-order chi connectivity index (χ0) is 16.0. The van der Waals surface area contributed by atoms with E-state index in [1.807, 2.05) is 6.07 Å². The van der Waals surface area contributed by atoms with E-state index in [4.69, 9.17) is 4.74 Å². The van der Waals surface area contributed by atoms with Gasteiger partial charge in [-0.25, -0.2) is 0 Å². The highest BCUT2D eigenvalue weighted by atomic mass is 16.5. The molecule has 2 fully saturated rings. The number of oxime groups is 1. The number of piperidine rings is 1. The van der Waals surface area contributed by atoms with Crippen molar-refractivity contribution in [3.63, 3.8) is 0 Å². The number of ether oxygens (including phenoxy) is 1. The summed E-state index contributed by atoms with van der Waals surface area (Å²) in [4.78, 5) is 2.23. The Morgan fingerprint density at radius 2 is 2.17 bits per heavy atom. The molecule has 2 aliphatic carbocycles. The summed E-state index contributed by atoms with van der Waals surface area (Å²) >= 11 is 0. The van der Waals surface area contributed by atoms with Crippen molar-refractivity contribution in [2.45, 2.75) is 48.8 Å². The van der Waals surface area contributed by atoms with Crippen LogP contribution in [-0.2, 0) is 11.8 Å². The number of hydrogen-bond donors (Lipinski definition) is 3. The van der Waals surface area contributed by atoms with Crippen molar-refractivity contribution >= 4 is 5.71 Å². The third-order valence-electron chi connectivity index (χ3n) is 6.67. The molecule has 4 aliphatic rings. The van der Waals surface area contributed by atoms with E-state index in [0.29, 0.717) is 24.3 Å². The second kappa shape index (κ2) is 3.99. The zero-order valence-electron chi connectivity index (χ0n) is 13.0. The van der Waals surface area contributed by atoms with Crippen LogP contribution in [0.2, 0.25) is 0 Å². The van der Waals surface area contributed by atoms with Crippen LogP contribution < -0.4 is 4.74 Å². The minimum atomic E-state index is -0.926. The monoisotopic (exact) mass is 316 g/mol. The average molecular weight is 316 g/mol. The molecule has 2 aliphatic heterocycles. The van der Waals surface area contributed by atoms with Gasteiger partial charge in [0.25, 0.3) is 0 Å². The smallest absolute Gasteiger partial charge is 0.166 e. The molecule has 2 heterocycles. The molecule has 1 aromatic carbocycles. The first kappa shape index (κ1) is 13.6. The van der Waals surface area contributed by atoms with Gasteiger partial charge in [-0.1, -0.05) is 11.2 Å². The number of aliphatic hydroxyl groups is 1. The fourth-order valence-corrected chi connectivity index (χ4v) is 5.65. The largest absolute Gasteiger partial charge is 0.504 e.